The van der Waals surface area contributed by atoms with Crippen LogP contribution in [0.5, 0.6) is 0 Å². The first-order valence-corrected chi connectivity index (χ1v) is 7.31. The molecule has 1 unspecified atom stereocenters. The van der Waals surface area contributed by atoms with Crippen LogP contribution in [-0.2, 0) is 6.54 Å². The summed E-state index contributed by atoms with van der Waals surface area (Å²) in [5, 5.41) is 11.4. The second-order valence-electron chi connectivity index (χ2n) is 4.72. The zero-order valence-corrected chi connectivity index (χ0v) is 11.7. The Labute approximate surface area is 116 Å². The molecule has 0 spiro atoms. The Morgan fingerprint density at radius 1 is 1.63 bits per heavy atom. The number of oxime groups is 1. The van der Waals surface area contributed by atoms with Crippen LogP contribution in [0.25, 0.3) is 0 Å². The highest BCUT2D eigenvalue weighted by molar-refractivity contribution is 7.99. The van der Waals surface area contributed by atoms with Crippen LogP contribution in [0.4, 0.5) is 4.39 Å². The summed E-state index contributed by atoms with van der Waals surface area (Å²) in [6.07, 6.45) is 1.16. The fourth-order valence-electron chi connectivity index (χ4n) is 2.16. The quantitative estimate of drug-likeness (QED) is 0.383. The van der Waals surface area contributed by atoms with Crippen LogP contribution in [0.1, 0.15) is 17.5 Å². The van der Waals surface area contributed by atoms with Crippen molar-refractivity contribution in [1.29, 1.82) is 0 Å². The highest BCUT2D eigenvalue weighted by Gasteiger charge is 2.20. The molecule has 1 saturated heterocycles. The number of nitrogens with two attached hydrogens (primary N) is 1. The number of rotatable bonds is 4. The average Bonchev–Trinajstić information content (AvgIpc) is 2.94. The van der Waals surface area contributed by atoms with Crippen LogP contribution in [0, 0.1) is 5.82 Å². The molecule has 0 amide bonds. The molecule has 0 bridgehead atoms. The van der Waals surface area contributed by atoms with Gasteiger partial charge in [-0.3, -0.25) is 4.90 Å². The average molecular weight is 283 g/mol. The number of hydrogen-bond acceptors (Lipinski definition) is 4. The highest BCUT2D eigenvalue weighted by Crippen LogP contribution is 2.23. The minimum atomic E-state index is -0.318. The zero-order chi connectivity index (χ0) is 13.8. The van der Waals surface area contributed by atoms with Crippen LogP contribution in [0.2, 0.25) is 0 Å². The van der Waals surface area contributed by atoms with E-state index in [1.54, 1.807) is 12.1 Å². The Morgan fingerprint density at radius 2 is 2.42 bits per heavy atom. The molecule has 4 nitrogen and oxygen atoms in total. The monoisotopic (exact) mass is 283 g/mol. The van der Waals surface area contributed by atoms with E-state index in [2.05, 4.69) is 10.1 Å². The number of benzene rings is 1. The van der Waals surface area contributed by atoms with E-state index in [0.29, 0.717) is 23.7 Å². The first-order chi connectivity index (χ1) is 9.11. The maximum atomic E-state index is 14.0. The molecular weight excluding hydrogens is 265 g/mol. The first kappa shape index (κ1) is 14.1. The fraction of sp³-hybridized carbons (Fsp3) is 0.462. The lowest BCUT2D eigenvalue weighted by Crippen LogP contribution is -2.31. The summed E-state index contributed by atoms with van der Waals surface area (Å²) < 4.78 is 14.0. The largest absolute Gasteiger partial charge is 0.409 e. The van der Waals surface area contributed by atoms with Crippen molar-refractivity contribution in [3.63, 3.8) is 0 Å². The second-order valence-corrected chi connectivity index (χ2v) is 5.87. The Kier molecular flexibility index (Phi) is 4.66. The Balaban J connectivity index is 2.08. The van der Waals surface area contributed by atoms with Crippen molar-refractivity contribution in [2.45, 2.75) is 19.0 Å². The molecule has 1 atom stereocenters. The van der Waals surface area contributed by atoms with E-state index in [1.807, 2.05) is 18.8 Å². The SMILES string of the molecule is CN(Cc1ccc(/C(N)=N/O)cc1F)C1CCSC1. The van der Waals surface area contributed by atoms with Crippen molar-refractivity contribution in [3.05, 3.63) is 35.1 Å². The summed E-state index contributed by atoms with van der Waals surface area (Å²) in [4.78, 5) is 2.18. The van der Waals surface area contributed by atoms with Gasteiger partial charge in [-0.25, -0.2) is 4.39 Å². The fourth-order valence-corrected chi connectivity index (χ4v) is 3.46. The molecule has 104 valence electrons. The van der Waals surface area contributed by atoms with E-state index in [0.717, 1.165) is 12.2 Å². The third-order valence-electron chi connectivity index (χ3n) is 3.41. The van der Waals surface area contributed by atoms with E-state index >= 15 is 0 Å². The third-order valence-corrected chi connectivity index (χ3v) is 4.55. The Bertz CT molecular complexity index is 475. The summed E-state index contributed by atoms with van der Waals surface area (Å²) in [6, 6.07) is 5.20. The van der Waals surface area contributed by atoms with Crippen molar-refractivity contribution >= 4 is 17.6 Å². The maximum Gasteiger partial charge on any atom is 0.170 e. The molecular formula is C13H18FN3OS. The third kappa shape index (κ3) is 3.39. The molecule has 0 aromatic heterocycles. The molecule has 0 radical (unpaired) electrons. The van der Waals surface area contributed by atoms with Crippen LogP contribution in [-0.4, -0.2) is 40.5 Å². The van der Waals surface area contributed by atoms with Crippen molar-refractivity contribution in [3.8, 4) is 0 Å². The molecule has 2 rings (SSSR count). The van der Waals surface area contributed by atoms with Gasteiger partial charge in [0.05, 0.1) is 0 Å². The van der Waals surface area contributed by atoms with E-state index in [1.165, 1.54) is 11.8 Å². The summed E-state index contributed by atoms with van der Waals surface area (Å²) >= 11 is 1.94. The van der Waals surface area contributed by atoms with Gasteiger partial charge in [0.15, 0.2) is 5.84 Å². The van der Waals surface area contributed by atoms with Gasteiger partial charge in [-0.05, 0) is 25.3 Å². The number of thioether (sulfide) groups is 1. The Morgan fingerprint density at radius 3 is 3.00 bits per heavy atom. The lowest BCUT2D eigenvalue weighted by Gasteiger charge is -2.23. The van der Waals surface area contributed by atoms with Crippen molar-refractivity contribution in [1.82, 2.24) is 4.90 Å². The summed E-state index contributed by atoms with van der Waals surface area (Å²) in [6.45, 7) is 0.577. The lowest BCUT2D eigenvalue weighted by molar-refractivity contribution is 0.251. The number of nitrogens with zero attached hydrogens (tertiary/aromatic N) is 2. The predicted molar refractivity (Wildman–Crippen MR) is 76.1 cm³/mol. The van der Waals surface area contributed by atoms with Crippen LogP contribution in [0.15, 0.2) is 23.4 Å². The summed E-state index contributed by atoms with van der Waals surface area (Å²) in [7, 11) is 2.02. The topological polar surface area (TPSA) is 61.8 Å². The van der Waals surface area contributed by atoms with Crippen molar-refractivity contribution < 1.29 is 9.60 Å². The molecule has 1 fully saturated rings. The first-order valence-electron chi connectivity index (χ1n) is 6.16. The summed E-state index contributed by atoms with van der Waals surface area (Å²) in [5.41, 5.74) is 6.46. The number of amidine groups is 1. The van der Waals surface area contributed by atoms with Gasteiger partial charge >= 0.3 is 0 Å². The normalized spacial score (nSPS) is 20.2. The molecule has 1 aliphatic rings. The molecule has 1 aliphatic heterocycles. The number of hydrogen-bond donors (Lipinski definition) is 2. The molecule has 6 heteroatoms. The van der Waals surface area contributed by atoms with Gasteiger partial charge in [-0.2, -0.15) is 11.8 Å². The Hall–Kier alpha value is -1.27. The summed E-state index contributed by atoms with van der Waals surface area (Å²) in [5.74, 6) is 1.90. The van der Waals surface area contributed by atoms with Gasteiger partial charge in [0, 0.05) is 29.5 Å². The molecule has 0 saturated carbocycles. The van der Waals surface area contributed by atoms with E-state index in [-0.39, 0.29) is 11.7 Å². The van der Waals surface area contributed by atoms with Crippen LogP contribution >= 0.6 is 11.8 Å². The molecule has 19 heavy (non-hydrogen) atoms. The van der Waals surface area contributed by atoms with Gasteiger partial charge in [0.25, 0.3) is 0 Å². The van der Waals surface area contributed by atoms with E-state index in [9.17, 15) is 4.39 Å². The predicted octanol–water partition coefficient (Wildman–Crippen LogP) is 1.86. The van der Waals surface area contributed by atoms with Crippen LogP contribution in [0.3, 0.4) is 0 Å². The standard InChI is InChI=1S/C13H18FN3OS/c1-17(11-4-5-19-8-11)7-10-3-2-9(6-12(10)14)13(15)16-18/h2-3,6,11,18H,4-5,7-8H2,1H3,(H2,15,16). The van der Waals surface area contributed by atoms with E-state index < -0.39 is 0 Å². The van der Waals surface area contributed by atoms with Crippen molar-refractivity contribution in [2.24, 2.45) is 10.9 Å². The lowest BCUT2D eigenvalue weighted by atomic mass is 10.1. The molecule has 1 aromatic rings. The minimum Gasteiger partial charge on any atom is -0.409 e. The van der Waals surface area contributed by atoms with Gasteiger partial charge in [-0.1, -0.05) is 17.3 Å². The van der Waals surface area contributed by atoms with Gasteiger partial charge in [-0.15, -0.1) is 0 Å². The molecule has 1 aromatic carbocycles. The highest BCUT2D eigenvalue weighted by atomic mass is 32.2. The molecule has 3 N–H and O–H groups in total. The zero-order valence-electron chi connectivity index (χ0n) is 10.8. The van der Waals surface area contributed by atoms with Crippen molar-refractivity contribution in [2.75, 3.05) is 18.6 Å². The molecule has 0 aliphatic carbocycles. The smallest absolute Gasteiger partial charge is 0.170 e. The molecule has 1 heterocycles. The number of halogens is 1. The second kappa shape index (κ2) is 6.25. The maximum absolute atomic E-state index is 14.0. The van der Waals surface area contributed by atoms with Gasteiger partial charge < -0.3 is 10.9 Å². The van der Waals surface area contributed by atoms with E-state index in [4.69, 9.17) is 10.9 Å². The van der Waals surface area contributed by atoms with Gasteiger partial charge in [0.2, 0.25) is 0 Å². The van der Waals surface area contributed by atoms with Crippen LogP contribution < -0.4 is 5.73 Å². The minimum absolute atomic E-state index is 0.0778. The van der Waals surface area contributed by atoms with Gasteiger partial charge in [0.1, 0.15) is 5.82 Å².